The summed E-state index contributed by atoms with van der Waals surface area (Å²) in [6, 6.07) is 4.34. The Hall–Kier alpha value is -1.95. The summed E-state index contributed by atoms with van der Waals surface area (Å²) in [6.07, 6.45) is 4.86. The van der Waals surface area contributed by atoms with Gasteiger partial charge in [0, 0.05) is 13.1 Å². The van der Waals surface area contributed by atoms with E-state index in [0.717, 1.165) is 25.4 Å². The smallest absolute Gasteiger partial charge is 0.276 e. The van der Waals surface area contributed by atoms with Crippen LogP contribution >= 0.6 is 11.6 Å². The SMILES string of the molecule is Cc1c(C(=O)N2CCCC(C3CC3)C2)nnn1-c1ccc(F)c(Cl)c1. The highest BCUT2D eigenvalue weighted by Crippen LogP contribution is 2.41. The first-order chi connectivity index (χ1) is 12.0. The highest BCUT2D eigenvalue weighted by atomic mass is 35.5. The van der Waals surface area contributed by atoms with Gasteiger partial charge in [0.05, 0.1) is 16.4 Å². The molecule has 1 aromatic heterocycles. The first kappa shape index (κ1) is 16.5. The molecule has 2 aliphatic rings. The van der Waals surface area contributed by atoms with Crippen molar-refractivity contribution < 1.29 is 9.18 Å². The van der Waals surface area contributed by atoms with Crippen molar-refractivity contribution in [3.05, 3.63) is 40.4 Å². The molecule has 5 nitrogen and oxygen atoms in total. The molecule has 0 radical (unpaired) electrons. The molecule has 4 rings (SSSR count). The number of likely N-dealkylation sites (tertiary alicyclic amines) is 1. The van der Waals surface area contributed by atoms with Crippen LogP contribution in [0.25, 0.3) is 5.69 Å². The average Bonchev–Trinajstić information content (AvgIpc) is 3.40. The molecule has 0 spiro atoms. The van der Waals surface area contributed by atoms with Crippen LogP contribution in [0.3, 0.4) is 0 Å². The molecule has 1 aromatic carbocycles. The normalized spacial score (nSPS) is 20.8. The van der Waals surface area contributed by atoms with Gasteiger partial charge in [0.15, 0.2) is 5.69 Å². The Morgan fingerprint density at radius 1 is 1.28 bits per heavy atom. The standard InChI is InChI=1S/C18H20ClFN4O/c1-11-17(18(25)23-8-2-3-13(10-23)12-4-5-12)21-22-24(11)14-6-7-16(20)15(19)9-14/h6-7,9,12-13H,2-5,8,10H2,1H3. The monoisotopic (exact) mass is 362 g/mol. The summed E-state index contributed by atoms with van der Waals surface area (Å²) >= 11 is 5.85. The maximum absolute atomic E-state index is 13.4. The van der Waals surface area contributed by atoms with Gasteiger partial charge in [-0.25, -0.2) is 9.07 Å². The van der Waals surface area contributed by atoms with E-state index in [0.29, 0.717) is 23.0 Å². The van der Waals surface area contributed by atoms with Crippen LogP contribution in [0, 0.1) is 24.6 Å². The van der Waals surface area contributed by atoms with Crippen LogP contribution in [0.1, 0.15) is 41.9 Å². The Bertz CT molecular complexity index is 817. The van der Waals surface area contributed by atoms with E-state index < -0.39 is 5.82 Å². The number of halogens is 2. The van der Waals surface area contributed by atoms with E-state index in [1.165, 1.54) is 36.1 Å². The van der Waals surface area contributed by atoms with Gasteiger partial charge in [-0.3, -0.25) is 4.79 Å². The van der Waals surface area contributed by atoms with Gasteiger partial charge in [0.25, 0.3) is 5.91 Å². The van der Waals surface area contributed by atoms with Crippen molar-refractivity contribution in [3.63, 3.8) is 0 Å². The summed E-state index contributed by atoms with van der Waals surface area (Å²) in [5.74, 6) is 0.874. The molecule has 1 saturated carbocycles. The highest BCUT2D eigenvalue weighted by Gasteiger charge is 2.36. The Morgan fingerprint density at radius 2 is 2.08 bits per heavy atom. The van der Waals surface area contributed by atoms with Gasteiger partial charge in [0.2, 0.25) is 0 Å². The molecule has 1 amide bonds. The van der Waals surface area contributed by atoms with Gasteiger partial charge in [-0.2, -0.15) is 0 Å². The van der Waals surface area contributed by atoms with E-state index in [1.54, 1.807) is 13.0 Å². The quantitative estimate of drug-likeness (QED) is 0.837. The number of hydrogen-bond acceptors (Lipinski definition) is 3. The lowest BCUT2D eigenvalue weighted by atomic mass is 9.93. The van der Waals surface area contributed by atoms with E-state index in [2.05, 4.69) is 10.3 Å². The Labute approximate surface area is 150 Å². The number of rotatable bonds is 3. The average molecular weight is 363 g/mol. The molecule has 2 fully saturated rings. The van der Waals surface area contributed by atoms with Crippen molar-refractivity contribution in [2.45, 2.75) is 32.6 Å². The fourth-order valence-electron chi connectivity index (χ4n) is 3.69. The first-order valence-corrected chi connectivity index (χ1v) is 9.09. The number of carbonyl (C=O) groups is 1. The lowest BCUT2D eigenvalue weighted by Gasteiger charge is -2.32. The lowest BCUT2D eigenvalue weighted by Crippen LogP contribution is -2.41. The molecule has 1 atom stereocenters. The predicted molar refractivity (Wildman–Crippen MR) is 92.4 cm³/mol. The topological polar surface area (TPSA) is 51.0 Å². The van der Waals surface area contributed by atoms with Crippen LogP contribution in [0.5, 0.6) is 0 Å². The number of amides is 1. The minimum atomic E-state index is -0.487. The summed E-state index contributed by atoms with van der Waals surface area (Å²) in [6.45, 7) is 3.39. The minimum absolute atomic E-state index is 0.0172. The molecular formula is C18H20ClFN4O. The fourth-order valence-corrected chi connectivity index (χ4v) is 3.86. The van der Waals surface area contributed by atoms with Gasteiger partial charge >= 0.3 is 0 Å². The van der Waals surface area contributed by atoms with Crippen LogP contribution in [-0.2, 0) is 0 Å². The number of benzene rings is 1. The zero-order chi connectivity index (χ0) is 17.6. The van der Waals surface area contributed by atoms with E-state index >= 15 is 0 Å². The summed E-state index contributed by atoms with van der Waals surface area (Å²) in [4.78, 5) is 14.8. The van der Waals surface area contributed by atoms with Crippen molar-refractivity contribution in [2.24, 2.45) is 11.8 Å². The lowest BCUT2D eigenvalue weighted by molar-refractivity contribution is 0.0653. The van der Waals surface area contributed by atoms with Crippen LogP contribution in [0.4, 0.5) is 4.39 Å². The largest absolute Gasteiger partial charge is 0.337 e. The maximum Gasteiger partial charge on any atom is 0.276 e. The third-order valence-corrected chi connectivity index (χ3v) is 5.57. The number of piperidine rings is 1. The number of nitrogens with zero attached hydrogens (tertiary/aromatic N) is 4. The van der Waals surface area contributed by atoms with Gasteiger partial charge < -0.3 is 4.90 Å². The molecule has 1 aliphatic heterocycles. The Kier molecular flexibility index (Phi) is 4.23. The molecular weight excluding hydrogens is 343 g/mol. The maximum atomic E-state index is 13.4. The molecule has 0 bridgehead atoms. The molecule has 1 aliphatic carbocycles. The van der Waals surface area contributed by atoms with Crippen molar-refractivity contribution in [3.8, 4) is 5.69 Å². The minimum Gasteiger partial charge on any atom is -0.337 e. The van der Waals surface area contributed by atoms with E-state index in [9.17, 15) is 9.18 Å². The van der Waals surface area contributed by atoms with E-state index in [-0.39, 0.29) is 10.9 Å². The second-order valence-corrected chi connectivity index (χ2v) is 7.43. The van der Waals surface area contributed by atoms with Crippen molar-refractivity contribution in [2.75, 3.05) is 13.1 Å². The molecule has 1 unspecified atom stereocenters. The first-order valence-electron chi connectivity index (χ1n) is 8.71. The van der Waals surface area contributed by atoms with Crippen LogP contribution in [-0.4, -0.2) is 38.9 Å². The Morgan fingerprint density at radius 3 is 2.80 bits per heavy atom. The van der Waals surface area contributed by atoms with Gasteiger partial charge in [-0.15, -0.1) is 5.10 Å². The Balaban J connectivity index is 1.57. The molecule has 2 heterocycles. The zero-order valence-corrected chi connectivity index (χ0v) is 14.8. The zero-order valence-electron chi connectivity index (χ0n) is 14.1. The van der Waals surface area contributed by atoms with Crippen LogP contribution in [0.2, 0.25) is 5.02 Å². The number of hydrogen-bond donors (Lipinski definition) is 0. The molecule has 25 heavy (non-hydrogen) atoms. The summed E-state index contributed by atoms with van der Waals surface area (Å²) in [5, 5.41) is 8.18. The fraction of sp³-hybridized carbons (Fsp3) is 0.500. The second kappa shape index (κ2) is 6.41. The summed E-state index contributed by atoms with van der Waals surface area (Å²) < 4.78 is 14.9. The van der Waals surface area contributed by atoms with E-state index in [4.69, 9.17) is 11.6 Å². The molecule has 132 valence electrons. The molecule has 7 heteroatoms. The molecule has 1 saturated heterocycles. The number of carbonyl (C=O) groups excluding carboxylic acids is 1. The summed E-state index contributed by atoms with van der Waals surface area (Å²) in [5.41, 5.74) is 1.59. The highest BCUT2D eigenvalue weighted by molar-refractivity contribution is 6.30. The van der Waals surface area contributed by atoms with E-state index in [1.807, 2.05) is 4.90 Å². The third kappa shape index (κ3) is 3.15. The predicted octanol–water partition coefficient (Wildman–Crippen LogP) is 3.63. The summed E-state index contributed by atoms with van der Waals surface area (Å²) in [7, 11) is 0. The molecule has 0 N–H and O–H groups in total. The van der Waals surface area contributed by atoms with Gasteiger partial charge in [0.1, 0.15) is 5.82 Å². The second-order valence-electron chi connectivity index (χ2n) is 7.02. The number of aromatic nitrogens is 3. The van der Waals surface area contributed by atoms with Gasteiger partial charge in [-0.1, -0.05) is 16.8 Å². The van der Waals surface area contributed by atoms with Crippen molar-refractivity contribution in [1.82, 2.24) is 19.9 Å². The van der Waals surface area contributed by atoms with Crippen molar-refractivity contribution >= 4 is 17.5 Å². The van der Waals surface area contributed by atoms with Crippen molar-refractivity contribution in [1.29, 1.82) is 0 Å². The van der Waals surface area contributed by atoms with Crippen LogP contribution in [0.15, 0.2) is 18.2 Å². The van der Waals surface area contributed by atoms with Gasteiger partial charge in [-0.05, 0) is 62.6 Å². The van der Waals surface area contributed by atoms with Crippen LogP contribution < -0.4 is 0 Å². The molecule has 2 aromatic rings. The third-order valence-electron chi connectivity index (χ3n) is 5.28.